The number of aliphatic hydroxyl groups excluding tert-OH is 1. The van der Waals surface area contributed by atoms with E-state index in [0.717, 1.165) is 0 Å². The van der Waals surface area contributed by atoms with Gasteiger partial charge in [-0.25, -0.2) is 4.39 Å². The van der Waals surface area contributed by atoms with Gasteiger partial charge in [-0.3, -0.25) is 4.79 Å². The van der Waals surface area contributed by atoms with Crippen LogP contribution in [0.3, 0.4) is 0 Å². The first-order valence-corrected chi connectivity index (χ1v) is 9.61. The summed E-state index contributed by atoms with van der Waals surface area (Å²) < 4.78 is 29.9. The number of halogens is 2. The van der Waals surface area contributed by atoms with Crippen LogP contribution in [-0.4, -0.2) is 18.1 Å². The molecule has 0 aliphatic rings. The SMILES string of the molecule is COc1ccc(-c2ccc(CO)o2)cc1NC(=O)c1ccc(-c2ccc(F)c(Cl)c2)o1. The number of amides is 1. The quantitative estimate of drug-likeness (QED) is 0.398. The first kappa shape index (κ1) is 20.7. The van der Waals surface area contributed by atoms with Crippen LogP contribution in [0.5, 0.6) is 5.75 Å². The summed E-state index contributed by atoms with van der Waals surface area (Å²) in [4.78, 5) is 12.7. The fourth-order valence-corrected chi connectivity index (χ4v) is 3.21. The maximum atomic E-state index is 13.4. The van der Waals surface area contributed by atoms with Crippen LogP contribution in [0.25, 0.3) is 22.6 Å². The van der Waals surface area contributed by atoms with Crippen LogP contribution in [0, 0.1) is 5.82 Å². The summed E-state index contributed by atoms with van der Waals surface area (Å²) in [5, 5.41) is 11.9. The second kappa shape index (κ2) is 8.67. The van der Waals surface area contributed by atoms with Crippen molar-refractivity contribution in [1.29, 1.82) is 0 Å². The molecule has 0 aliphatic carbocycles. The highest BCUT2D eigenvalue weighted by Crippen LogP contribution is 2.32. The third-order valence-corrected chi connectivity index (χ3v) is 4.87. The fourth-order valence-electron chi connectivity index (χ4n) is 3.03. The number of benzene rings is 2. The molecule has 0 saturated heterocycles. The maximum absolute atomic E-state index is 13.4. The minimum Gasteiger partial charge on any atom is -0.495 e. The van der Waals surface area contributed by atoms with Gasteiger partial charge in [-0.2, -0.15) is 0 Å². The van der Waals surface area contributed by atoms with Crippen LogP contribution in [0.4, 0.5) is 10.1 Å². The van der Waals surface area contributed by atoms with Crippen LogP contribution in [0.15, 0.2) is 69.5 Å². The Balaban J connectivity index is 1.58. The number of hydrogen-bond acceptors (Lipinski definition) is 5. The minimum atomic E-state index is -0.537. The van der Waals surface area contributed by atoms with E-state index in [4.69, 9.17) is 25.2 Å². The summed E-state index contributed by atoms with van der Waals surface area (Å²) >= 11 is 5.82. The van der Waals surface area contributed by atoms with Crippen molar-refractivity contribution < 1.29 is 27.9 Å². The molecule has 8 heteroatoms. The van der Waals surface area contributed by atoms with Gasteiger partial charge in [0, 0.05) is 11.1 Å². The second-order valence-corrected chi connectivity index (χ2v) is 6.99. The van der Waals surface area contributed by atoms with Crippen molar-refractivity contribution in [1.82, 2.24) is 0 Å². The fraction of sp³-hybridized carbons (Fsp3) is 0.0870. The van der Waals surface area contributed by atoms with E-state index in [-0.39, 0.29) is 17.4 Å². The molecule has 2 N–H and O–H groups in total. The van der Waals surface area contributed by atoms with Crippen LogP contribution in [0.1, 0.15) is 16.3 Å². The molecule has 31 heavy (non-hydrogen) atoms. The lowest BCUT2D eigenvalue weighted by molar-refractivity contribution is 0.0997. The van der Waals surface area contributed by atoms with Gasteiger partial charge in [0.15, 0.2) is 5.76 Å². The molecule has 2 aromatic carbocycles. The highest BCUT2D eigenvalue weighted by Gasteiger charge is 2.17. The third kappa shape index (κ3) is 4.33. The lowest BCUT2D eigenvalue weighted by Gasteiger charge is -2.11. The molecule has 0 radical (unpaired) electrons. The molecule has 0 spiro atoms. The summed E-state index contributed by atoms with van der Waals surface area (Å²) in [6.07, 6.45) is 0. The molecule has 158 valence electrons. The lowest BCUT2D eigenvalue weighted by Crippen LogP contribution is -2.11. The van der Waals surface area contributed by atoms with E-state index in [1.165, 1.54) is 31.4 Å². The predicted octanol–water partition coefficient (Wildman–Crippen LogP) is 5.75. The van der Waals surface area contributed by atoms with Crippen molar-refractivity contribution in [3.63, 3.8) is 0 Å². The molecule has 0 fully saturated rings. The van der Waals surface area contributed by atoms with Crippen LogP contribution >= 0.6 is 11.6 Å². The topological polar surface area (TPSA) is 84.8 Å². The zero-order valence-electron chi connectivity index (χ0n) is 16.3. The largest absolute Gasteiger partial charge is 0.495 e. The van der Waals surface area contributed by atoms with E-state index in [2.05, 4.69) is 5.32 Å². The van der Waals surface area contributed by atoms with Gasteiger partial charge < -0.3 is 24.0 Å². The van der Waals surface area contributed by atoms with Gasteiger partial charge in [-0.15, -0.1) is 0 Å². The summed E-state index contributed by atoms with van der Waals surface area (Å²) in [6.45, 7) is -0.208. The van der Waals surface area contributed by atoms with E-state index in [0.29, 0.717) is 39.8 Å². The smallest absolute Gasteiger partial charge is 0.291 e. The Morgan fingerprint density at radius 2 is 1.74 bits per heavy atom. The van der Waals surface area contributed by atoms with Gasteiger partial charge in [-0.1, -0.05) is 11.6 Å². The van der Waals surface area contributed by atoms with E-state index in [1.807, 2.05) is 0 Å². The summed E-state index contributed by atoms with van der Waals surface area (Å²) in [6, 6.07) is 15.8. The number of anilines is 1. The van der Waals surface area contributed by atoms with Crippen molar-refractivity contribution in [3.8, 4) is 28.4 Å². The van der Waals surface area contributed by atoms with Gasteiger partial charge >= 0.3 is 0 Å². The molecule has 0 atom stereocenters. The van der Waals surface area contributed by atoms with Crippen LogP contribution < -0.4 is 10.1 Å². The molecule has 2 heterocycles. The molecular formula is C23H17ClFNO5. The van der Waals surface area contributed by atoms with Crippen molar-refractivity contribution in [2.45, 2.75) is 6.61 Å². The van der Waals surface area contributed by atoms with E-state index in [9.17, 15) is 14.3 Å². The van der Waals surface area contributed by atoms with Crippen LogP contribution in [-0.2, 0) is 6.61 Å². The van der Waals surface area contributed by atoms with Gasteiger partial charge in [0.1, 0.15) is 35.5 Å². The van der Waals surface area contributed by atoms with E-state index in [1.54, 1.807) is 36.4 Å². The molecule has 2 aromatic heterocycles. The monoisotopic (exact) mass is 441 g/mol. The molecule has 0 unspecified atom stereocenters. The Labute approximate surface area is 181 Å². The molecule has 4 aromatic rings. The van der Waals surface area contributed by atoms with Crippen molar-refractivity contribution in [2.24, 2.45) is 0 Å². The highest BCUT2D eigenvalue weighted by molar-refractivity contribution is 6.31. The van der Waals surface area contributed by atoms with E-state index < -0.39 is 11.7 Å². The van der Waals surface area contributed by atoms with Gasteiger partial charge in [0.05, 0.1) is 17.8 Å². The average molecular weight is 442 g/mol. The standard InChI is InChI=1S/C23H17ClFNO5/c1-29-21-6-3-14(19-7-4-15(12-27)30-19)11-18(21)26-23(28)22-9-8-20(31-22)13-2-5-17(25)16(24)10-13/h2-11,27H,12H2,1H3,(H,26,28). The second-order valence-electron chi connectivity index (χ2n) is 6.59. The molecule has 0 bridgehead atoms. The number of ether oxygens (including phenoxy) is 1. The number of nitrogens with one attached hydrogen (secondary N) is 1. The zero-order chi connectivity index (χ0) is 22.0. The Kier molecular flexibility index (Phi) is 5.79. The average Bonchev–Trinajstić information content (AvgIpc) is 3.45. The van der Waals surface area contributed by atoms with Gasteiger partial charge in [-0.05, 0) is 60.7 Å². The number of carbonyl (C=O) groups excluding carboxylic acids is 1. The van der Waals surface area contributed by atoms with Gasteiger partial charge in [0.2, 0.25) is 0 Å². The normalized spacial score (nSPS) is 10.8. The molecule has 4 rings (SSSR count). The van der Waals surface area contributed by atoms with Crippen molar-refractivity contribution in [2.75, 3.05) is 12.4 Å². The summed E-state index contributed by atoms with van der Waals surface area (Å²) in [5.74, 6) is 0.817. The molecule has 0 saturated carbocycles. The first-order chi connectivity index (χ1) is 15.0. The maximum Gasteiger partial charge on any atom is 0.291 e. The number of aliphatic hydroxyl groups is 1. The van der Waals surface area contributed by atoms with Crippen LogP contribution in [0.2, 0.25) is 5.02 Å². The molecule has 6 nitrogen and oxygen atoms in total. The first-order valence-electron chi connectivity index (χ1n) is 9.23. The number of methoxy groups -OCH3 is 1. The van der Waals surface area contributed by atoms with Crippen molar-refractivity contribution >= 4 is 23.2 Å². The van der Waals surface area contributed by atoms with Crippen molar-refractivity contribution in [3.05, 3.63) is 83.0 Å². The minimum absolute atomic E-state index is 0.0382. The number of rotatable bonds is 6. The van der Waals surface area contributed by atoms with Gasteiger partial charge in [0.25, 0.3) is 5.91 Å². The summed E-state index contributed by atoms with van der Waals surface area (Å²) in [5.41, 5.74) is 1.65. The molecular weight excluding hydrogens is 425 g/mol. The molecule has 1 amide bonds. The lowest BCUT2D eigenvalue weighted by atomic mass is 10.1. The predicted molar refractivity (Wildman–Crippen MR) is 114 cm³/mol. The molecule has 0 aliphatic heterocycles. The Morgan fingerprint density at radius 1 is 1.03 bits per heavy atom. The highest BCUT2D eigenvalue weighted by atomic mass is 35.5. The number of furan rings is 2. The number of hydrogen-bond donors (Lipinski definition) is 2. The zero-order valence-corrected chi connectivity index (χ0v) is 17.1. The summed E-state index contributed by atoms with van der Waals surface area (Å²) in [7, 11) is 1.49. The Bertz CT molecular complexity index is 1250. The Morgan fingerprint density at radius 3 is 2.45 bits per heavy atom. The number of carbonyl (C=O) groups is 1. The van der Waals surface area contributed by atoms with E-state index >= 15 is 0 Å². The Hall–Kier alpha value is -3.55. The third-order valence-electron chi connectivity index (χ3n) is 4.58.